The summed E-state index contributed by atoms with van der Waals surface area (Å²) in [6, 6.07) is 2.76. The van der Waals surface area contributed by atoms with Gasteiger partial charge in [-0.1, -0.05) is 0 Å². The molecule has 21 heavy (non-hydrogen) atoms. The van der Waals surface area contributed by atoms with Crippen molar-refractivity contribution in [2.75, 3.05) is 5.32 Å². The summed E-state index contributed by atoms with van der Waals surface area (Å²) in [7, 11) is 0. The van der Waals surface area contributed by atoms with Crippen LogP contribution in [0.2, 0.25) is 0 Å². The lowest BCUT2D eigenvalue weighted by Gasteiger charge is -2.59. The van der Waals surface area contributed by atoms with E-state index in [2.05, 4.69) is 22.7 Å². The van der Waals surface area contributed by atoms with E-state index in [4.69, 9.17) is 0 Å². The highest BCUT2D eigenvalue weighted by atomic mass is 32.1. The molecular weight excluding hydrogens is 278 g/mol. The van der Waals surface area contributed by atoms with E-state index in [1.807, 2.05) is 6.92 Å². The number of hydrogen-bond donors (Lipinski definition) is 1. The van der Waals surface area contributed by atoms with Gasteiger partial charge in [-0.3, -0.25) is 0 Å². The van der Waals surface area contributed by atoms with Crippen molar-refractivity contribution >= 4 is 16.5 Å². The minimum Gasteiger partial charge on any atom is -0.372 e. The van der Waals surface area contributed by atoms with E-state index in [1.165, 1.54) is 50.1 Å². The Kier molecular flexibility index (Phi) is 3.04. The van der Waals surface area contributed by atoms with Crippen molar-refractivity contribution in [3.63, 3.8) is 0 Å². The third kappa shape index (κ3) is 2.09. The Morgan fingerprint density at radius 2 is 1.81 bits per heavy atom. The fourth-order valence-corrected chi connectivity index (χ4v) is 6.49. The van der Waals surface area contributed by atoms with Crippen LogP contribution >= 0.6 is 11.5 Å². The maximum Gasteiger partial charge on any atom is 0.127 e. The Morgan fingerprint density at radius 3 is 2.33 bits per heavy atom. The van der Waals surface area contributed by atoms with Gasteiger partial charge < -0.3 is 5.32 Å². The second-order valence-electron chi connectivity index (χ2n) is 7.73. The van der Waals surface area contributed by atoms with Crippen molar-refractivity contribution in [2.45, 2.75) is 58.4 Å². The molecule has 4 aliphatic rings. The minimum absolute atomic E-state index is 0.456. The Bertz CT molecular complexity index is 562. The van der Waals surface area contributed by atoms with E-state index >= 15 is 0 Å². The zero-order chi connectivity index (χ0) is 14.6. The quantitative estimate of drug-likeness (QED) is 0.903. The zero-order valence-corrected chi connectivity index (χ0v) is 13.7. The Labute approximate surface area is 130 Å². The van der Waals surface area contributed by atoms with Gasteiger partial charge in [-0.2, -0.15) is 9.64 Å². The fourth-order valence-electron chi connectivity index (χ4n) is 5.66. The number of anilines is 1. The first-order chi connectivity index (χ1) is 10.1. The molecule has 1 heterocycles. The van der Waals surface area contributed by atoms with Gasteiger partial charge in [0.15, 0.2) is 0 Å². The molecule has 3 nitrogen and oxygen atoms in total. The van der Waals surface area contributed by atoms with Gasteiger partial charge in [0.25, 0.3) is 0 Å². The summed E-state index contributed by atoms with van der Waals surface area (Å²) in [6.45, 7) is 4.26. The summed E-state index contributed by atoms with van der Waals surface area (Å²) in [5, 5.41) is 14.0. The molecule has 1 unspecified atom stereocenters. The summed E-state index contributed by atoms with van der Waals surface area (Å²) in [5.41, 5.74) is 2.08. The van der Waals surface area contributed by atoms with Gasteiger partial charge in [-0.15, -0.1) is 0 Å². The van der Waals surface area contributed by atoms with Crippen molar-refractivity contribution in [1.29, 1.82) is 5.26 Å². The molecule has 0 aromatic carbocycles. The molecule has 1 aromatic rings. The van der Waals surface area contributed by atoms with Crippen LogP contribution in [0.1, 0.15) is 56.7 Å². The van der Waals surface area contributed by atoms with Crippen LogP contribution in [0, 0.1) is 41.4 Å². The maximum absolute atomic E-state index is 9.31. The maximum atomic E-state index is 9.31. The SMILES string of the molecule is Cc1nsc(NC(C)C23CC4CC(CC(C4)C2)C3)c1C#N. The lowest BCUT2D eigenvalue weighted by Crippen LogP contribution is -2.52. The molecule has 0 saturated heterocycles. The number of nitrogens with one attached hydrogen (secondary N) is 1. The van der Waals surface area contributed by atoms with E-state index in [-0.39, 0.29) is 0 Å². The smallest absolute Gasteiger partial charge is 0.127 e. The molecule has 1 aromatic heterocycles. The van der Waals surface area contributed by atoms with E-state index in [9.17, 15) is 5.26 Å². The van der Waals surface area contributed by atoms with Crippen molar-refractivity contribution in [3.05, 3.63) is 11.3 Å². The average molecular weight is 301 g/mol. The van der Waals surface area contributed by atoms with Crippen LogP contribution in [0.15, 0.2) is 0 Å². The topological polar surface area (TPSA) is 48.7 Å². The molecular formula is C17H23N3S. The van der Waals surface area contributed by atoms with Crippen LogP contribution in [0.25, 0.3) is 0 Å². The summed E-state index contributed by atoms with van der Waals surface area (Å²) >= 11 is 1.45. The first-order valence-electron chi connectivity index (χ1n) is 8.22. The molecule has 0 radical (unpaired) electrons. The molecule has 0 amide bonds. The summed E-state index contributed by atoms with van der Waals surface area (Å²) in [4.78, 5) is 0. The molecule has 112 valence electrons. The standard InChI is InChI=1S/C17H23N3S/c1-10-15(9-18)16(21-20-10)19-11(2)17-6-12-3-13(7-17)5-14(4-12)8-17/h11-14,19H,3-8H2,1-2H3. The Morgan fingerprint density at radius 1 is 1.24 bits per heavy atom. The third-order valence-electron chi connectivity index (χ3n) is 6.33. The Balaban J connectivity index is 1.57. The van der Waals surface area contributed by atoms with Gasteiger partial charge in [-0.25, -0.2) is 0 Å². The number of aryl methyl sites for hydroxylation is 1. The number of nitrogens with zero attached hydrogens (tertiary/aromatic N) is 2. The van der Waals surface area contributed by atoms with E-state index in [0.717, 1.165) is 34.0 Å². The highest BCUT2D eigenvalue weighted by Crippen LogP contribution is 2.61. The first-order valence-corrected chi connectivity index (χ1v) is 9.00. The van der Waals surface area contributed by atoms with Crippen LogP contribution in [0.3, 0.4) is 0 Å². The van der Waals surface area contributed by atoms with E-state index in [0.29, 0.717) is 11.5 Å². The monoisotopic (exact) mass is 301 g/mol. The zero-order valence-electron chi connectivity index (χ0n) is 12.9. The largest absolute Gasteiger partial charge is 0.372 e. The molecule has 4 bridgehead atoms. The number of hydrogen-bond acceptors (Lipinski definition) is 4. The van der Waals surface area contributed by atoms with Gasteiger partial charge in [-0.05, 0) is 87.1 Å². The van der Waals surface area contributed by atoms with Crippen molar-refractivity contribution < 1.29 is 0 Å². The second kappa shape index (κ2) is 4.71. The van der Waals surface area contributed by atoms with E-state index < -0.39 is 0 Å². The summed E-state index contributed by atoms with van der Waals surface area (Å²) in [5.74, 6) is 2.91. The van der Waals surface area contributed by atoms with Gasteiger partial charge in [0, 0.05) is 6.04 Å². The molecule has 1 N–H and O–H groups in total. The Hall–Kier alpha value is -1.08. The van der Waals surface area contributed by atoms with Crippen molar-refractivity contribution in [3.8, 4) is 6.07 Å². The lowest BCUT2D eigenvalue weighted by molar-refractivity contribution is -0.0602. The van der Waals surface area contributed by atoms with Crippen LogP contribution in [-0.4, -0.2) is 10.4 Å². The average Bonchev–Trinajstić information content (AvgIpc) is 2.77. The van der Waals surface area contributed by atoms with Crippen LogP contribution in [0.4, 0.5) is 5.00 Å². The van der Waals surface area contributed by atoms with Crippen molar-refractivity contribution in [2.24, 2.45) is 23.2 Å². The molecule has 1 atom stereocenters. The van der Waals surface area contributed by atoms with E-state index in [1.54, 1.807) is 0 Å². The minimum atomic E-state index is 0.456. The van der Waals surface area contributed by atoms with Gasteiger partial charge in [0.1, 0.15) is 16.6 Å². The second-order valence-corrected chi connectivity index (χ2v) is 8.50. The van der Waals surface area contributed by atoms with Crippen molar-refractivity contribution in [1.82, 2.24) is 4.37 Å². The molecule has 4 fully saturated rings. The van der Waals surface area contributed by atoms with Gasteiger partial charge in [0.2, 0.25) is 0 Å². The molecule has 0 aliphatic heterocycles. The number of nitriles is 1. The number of aromatic nitrogens is 1. The highest BCUT2D eigenvalue weighted by Gasteiger charge is 2.53. The predicted molar refractivity (Wildman–Crippen MR) is 85.3 cm³/mol. The van der Waals surface area contributed by atoms with Gasteiger partial charge in [0.05, 0.1) is 5.69 Å². The first kappa shape index (κ1) is 13.6. The molecule has 4 saturated carbocycles. The normalized spacial score (nSPS) is 38.2. The third-order valence-corrected chi connectivity index (χ3v) is 7.20. The van der Waals surface area contributed by atoms with Crippen LogP contribution < -0.4 is 5.32 Å². The van der Waals surface area contributed by atoms with Gasteiger partial charge >= 0.3 is 0 Å². The summed E-state index contributed by atoms with van der Waals surface area (Å²) in [6.07, 6.45) is 8.63. The fraction of sp³-hybridized carbons (Fsp3) is 0.765. The molecule has 4 aliphatic carbocycles. The number of rotatable bonds is 3. The molecule has 0 spiro atoms. The molecule has 5 rings (SSSR count). The van der Waals surface area contributed by atoms with Crippen LogP contribution in [-0.2, 0) is 0 Å². The highest BCUT2D eigenvalue weighted by molar-refractivity contribution is 7.10. The lowest BCUT2D eigenvalue weighted by atomic mass is 9.48. The summed E-state index contributed by atoms with van der Waals surface area (Å²) < 4.78 is 4.34. The molecule has 4 heteroatoms. The van der Waals surface area contributed by atoms with Crippen LogP contribution in [0.5, 0.6) is 0 Å². The predicted octanol–water partition coefficient (Wildman–Crippen LogP) is 4.34.